The van der Waals surface area contributed by atoms with Crippen LogP contribution in [-0.4, -0.2) is 33.3 Å². The van der Waals surface area contributed by atoms with Gasteiger partial charge in [0.1, 0.15) is 0 Å². The molecule has 28 heavy (non-hydrogen) atoms. The summed E-state index contributed by atoms with van der Waals surface area (Å²) in [5, 5.41) is 0. The molecule has 2 aromatic carbocycles. The SMILES string of the molecule is CCN(c1ccccc1)S(=O)(=O)c1ccc(C(=O)OCC(=O)C(C)(C)C)cc1. The van der Waals surface area contributed by atoms with Crippen molar-refractivity contribution >= 4 is 27.5 Å². The van der Waals surface area contributed by atoms with Crippen LogP contribution >= 0.6 is 0 Å². The number of carbonyl (C=O) groups excluding carboxylic acids is 2. The summed E-state index contributed by atoms with van der Waals surface area (Å²) in [6, 6.07) is 14.3. The lowest BCUT2D eigenvalue weighted by Gasteiger charge is -2.23. The second kappa shape index (κ2) is 8.56. The second-order valence-corrected chi connectivity index (χ2v) is 9.14. The number of ketones is 1. The van der Waals surface area contributed by atoms with Crippen LogP contribution in [-0.2, 0) is 19.6 Å². The third-order valence-corrected chi connectivity index (χ3v) is 6.10. The van der Waals surface area contributed by atoms with Crippen LogP contribution in [0, 0.1) is 5.41 Å². The van der Waals surface area contributed by atoms with Crippen molar-refractivity contribution in [2.75, 3.05) is 17.5 Å². The number of hydrogen-bond donors (Lipinski definition) is 0. The minimum atomic E-state index is -3.76. The van der Waals surface area contributed by atoms with Crippen molar-refractivity contribution in [3.05, 3.63) is 60.2 Å². The molecule has 0 aromatic heterocycles. The molecular weight excluding hydrogens is 378 g/mol. The summed E-state index contributed by atoms with van der Waals surface area (Å²) in [5.41, 5.74) is 0.150. The zero-order chi connectivity index (χ0) is 20.9. The van der Waals surface area contributed by atoms with E-state index in [0.717, 1.165) is 0 Å². The van der Waals surface area contributed by atoms with Gasteiger partial charge in [-0.2, -0.15) is 0 Å². The van der Waals surface area contributed by atoms with E-state index in [1.807, 2.05) is 6.07 Å². The number of nitrogens with zero attached hydrogens (tertiary/aromatic N) is 1. The first-order valence-electron chi connectivity index (χ1n) is 8.95. The highest BCUT2D eigenvalue weighted by Crippen LogP contribution is 2.23. The molecule has 0 amide bonds. The van der Waals surface area contributed by atoms with Gasteiger partial charge in [0.25, 0.3) is 10.0 Å². The molecule has 0 radical (unpaired) electrons. The lowest BCUT2D eigenvalue weighted by molar-refractivity contribution is -0.129. The molecule has 0 aliphatic heterocycles. The van der Waals surface area contributed by atoms with Crippen LogP contribution in [0.1, 0.15) is 38.1 Å². The summed E-state index contributed by atoms with van der Waals surface area (Å²) < 4.78 is 32.2. The van der Waals surface area contributed by atoms with Crippen molar-refractivity contribution in [3.8, 4) is 0 Å². The van der Waals surface area contributed by atoms with Crippen molar-refractivity contribution in [1.82, 2.24) is 0 Å². The first-order chi connectivity index (χ1) is 13.1. The van der Waals surface area contributed by atoms with Gasteiger partial charge in [0.05, 0.1) is 16.1 Å². The Morgan fingerprint density at radius 2 is 1.54 bits per heavy atom. The van der Waals surface area contributed by atoms with E-state index in [0.29, 0.717) is 5.69 Å². The van der Waals surface area contributed by atoms with Crippen LogP contribution in [0.2, 0.25) is 0 Å². The number of Topliss-reactive ketones (excluding diaryl/α,β-unsaturated/α-hetero) is 1. The molecule has 7 heteroatoms. The summed E-state index contributed by atoms with van der Waals surface area (Å²) in [7, 11) is -3.76. The van der Waals surface area contributed by atoms with Crippen LogP contribution < -0.4 is 4.31 Å². The Balaban J connectivity index is 2.17. The fourth-order valence-electron chi connectivity index (χ4n) is 2.41. The number of sulfonamides is 1. The average Bonchev–Trinajstić information content (AvgIpc) is 2.66. The summed E-state index contributed by atoms with van der Waals surface area (Å²) >= 11 is 0. The number of benzene rings is 2. The standard InChI is InChI=1S/C21H25NO5S/c1-5-22(17-9-7-6-8-10-17)28(25,26)18-13-11-16(12-14-18)20(24)27-15-19(23)21(2,3)4/h6-14H,5,15H2,1-4H3. The van der Waals surface area contributed by atoms with E-state index in [1.54, 1.807) is 52.0 Å². The Morgan fingerprint density at radius 3 is 2.04 bits per heavy atom. The fourth-order valence-corrected chi connectivity index (χ4v) is 3.88. The summed E-state index contributed by atoms with van der Waals surface area (Å²) in [5.74, 6) is -0.863. The molecular formula is C21H25NO5S. The van der Waals surface area contributed by atoms with Crippen molar-refractivity contribution in [3.63, 3.8) is 0 Å². The second-order valence-electron chi connectivity index (χ2n) is 7.28. The molecule has 0 saturated heterocycles. The van der Waals surface area contributed by atoms with Gasteiger partial charge >= 0.3 is 5.97 Å². The van der Waals surface area contributed by atoms with Crippen molar-refractivity contribution in [1.29, 1.82) is 0 Å². The maximum absolute atomic E-state index is 12.9. The molecule has 2 aromatic rings. The molecule has 0 bridgehead atoms. The Morgan fingerprint density at radius 1 is 0.964 bits per heavy atom. The zero-order valence-corrected chi connectivity index (χ0v) is 17.3. The predicted octanol–water partition coefficient (Wildman–Crippen LogP) is 3.67. The quantitative estimate of drug-likeness (QED) is 0.659. The highest BCUT2D eigenvalue weighted by molar-refractivity contribution is 7.92. The van der Waals surface area contributed by atoms with Gasteiger partial charge in [-0.15, -0.1) is 0 Å². The number of carbonyl (C=O) groups is 2. The number of anilines is 1. The fraction of sp³-hybridized carbons (Fsp3) is 0.333. The number of para-hydroxylation sites is 1. The van der Waals surface area contributed by atoms with E-state index >= 15 is 0 Å². The normalized spacial score (nSPS) is 11.7. The first kappa shape index (κ1) is 21.6. The summed E-state index contributed by atoms with van der Waals surface area (Å²) in [6.07, 6.45) is 0. The Labute approximate surface area is 166 Å². The van der Waals surface area contributed by atoms with Gasteiger partial charge in [0, 0.05) is 12.0 Å². The van der Waals surface area contributed by atoms with Gasteiger partial charge in [-0.25, -0.2) is 13.2 Å². The van der Waals surface area contributed by atoms with Crippen LogP contribution in [0.3, 0.4) is 0 Å². The highest BCUT2D eigenvalue weighted by Gasteiger charge is 2.25. The van der Waals surface area contributed by atoms with Gasteiger partial charge in [-0.1, -0.05) is 39.0 Å². The maximum atomic E-state index is 12.9. The minimum Gasteiger partial charge on any atom is -0.454 e. The molecule has 0 heterocycles. The summed E-state index contributed by atoms with van der Waals surface area (Å²) in [4.78, 5) is 24.1. The molecule has 6 nitrogen and oxygen atoms in total. The van der Waals surface area contributed by atoms with Crippen molar-refractivity contribution in [2.24, 2.45) is 5.41 Å². The largest absolute Gasteiger partial charge is 0.454 e. The van der Waals surface area contributed by atoms with E-state index in [2.05, 4.69) is 0 Å². The van der Waals surface area contributed by atoms with Gasteiger partial charge in [-0.3, -0.25) is 9.10 Å². The van der Waals surface area contributed by atoms with Crippen LogP contribution in [0.5, 0.6) is 0 Å². The minimum absolute atomic E-state index is 0.0699. The molecule has 0 N–H and O–H groups in total. The first-order valence-corrected chi connectivity index (χ1v) is 10.4. The van der Waals surface area contributed by atoms with Crippen LogP contribution in [0.15, 0.2) is 59.5 Å². The van der Waals surface area contributed by atoms with Gasteiger partial charge in [-0.05, 0) is 43.3 Å². The molecule has 0 fully saturated rings. The highest BCUT2D eigenvalue weighted by atomic mass is 32.2. The lowest BCUT2D eigenvalue weighted by atomic mass is 9.91. The summed E-state index contributed by atoms with van der Waals surface area (Å²) in [6.45, 7) is 6.94. The molecule has 0 unspecified atom stereocenters. The van der Waals surface area contributed by atoms with Crippen LogP contribution in [0.4, 0.5) is 5.69 Å². The maximum Gasteiger partial charge on any atom is 0.338 e. The van der Waals surface area contributed by atoms with E-state index in [9.17, 15) is 18.0 Å². The van der Waals surface area contributed by atoms with Crippen LogP contribution in [0.25, 0.3) is 0 Å². The molecule has 0 aliphatic rings. The van der Waals surface area contributed by atoms with E-state index in [4.69, 9.17) is 4.74 Å². The van der Waals surface area contributed by atoms with Gasteiger partial charge in [0.15, 0.2) is 12.4 Å². The molecule has 0 atom stereocenters. The van der Waals surface area contributed by atoms with Crippen molar-refractivity contribution < 1.29 is 22.7 Å². The predicted molar refractivity (Wildman–Crippen MR) is 108 cm³/mol. The Bertz CT molecular complexity index is 929. The molecule has 0 aliphatic carbocycles. The third-order valence-electron chi connectivity index (χ3n) is 4.18. The van der Waals surface area contributed by atoms with Crippen molar-refractivity contribution in [2.45, 2.75) is 32.6 Å². The number of esters is 1. The Hall–Kier alpha value is -2.67. The van der Waals surface area contributed by atoms with E-state index < -0.39 is 21.4 Å². The van der Waals surface area contributed by atoms with Gasteiger partial charge < -0.3 is 4.74 Å². The molecule has 0 saturated carbocycles. The Kier molecular flexibility index (Phi) is 6.61. The molecule has 0 spiro atoms. The van der Waals surface area contributed by atoms with E-state index in [1.165, 1.54) is 28.6 Å². The topological polar surface area (TPSA) is 80.8 Å². The number of ether oxygens (including phenoxy) is 1. The molecule has 2 rings (SSSR count). The molecule has 150 valence electrons. The number of rotatable bonds is 7. The zero-order valence-electron chi connectivity index (χ0n) is 16.5. The third kappa shape index (κ3) is 4.98. The monoisotopic (exact) mass is 403 g/mol. The smallest absolute Gasteiger partial charge is 0.338 e. The average molecular weight is 404 g/mol. The number of hydrogen-bond acceptors (Lipinski definition) is 5. The van der Waals surface area contributed by atoms with E-state index in [-0.39, 0.29) is 29.4 Å². The van der Waals surface area contributed by atoms with Gasteiger partial charge in [0.2, 0.25) is 0 Å². The lowest BCUT2D eigenvalue weighted by Crippen LogP contribution is -2.30.